The van der Waals surface area contributed by atoms with Crippen molar-refractivity contribution in [2.75, 3.05) is 5.32 Å². The Bertz CT molecular complexity index is 637. The number of pyridine rings is 1. The van der Waals surface area contributed by atoms with Gasteiger partial charge in [-0.15, -0.1) is 0 Å². The van der Waals surface area contributed by atoms with Gasteiger partial charge in [-0.25, -0.2) is 0 Å². The van der Waals surface area contributed by atoms with E-state index >= 15 is 0 Å². The highest BCUT2D eigenvalue weighted by molar-refractivity contribution is 6.04. The summed E-state index contributed by atoms with van der Waals surface area (Å²) in [6, 6.07) is 7.71. The zero-order valence-electron chi connectivity index (χ0n) is 10.7. The minimum atomic E-state index is -0.0919. The van der Waals surface area contributed by atoms with Crippen molar-refractivity contribution < 1.29 is 4.79 Å². The summed E-state index contributed by atoms with van der Waals surface area (Å²) in [5.74, 6) is -0.0919. The maximum Gasteiger partial charge on any atom is 0.255 e. The molecule has 0 bridgehead atoms. The molecule has 0 spiro atoms. The molecule has 0 unspecified atom stereocenters. The third-order valence-electron chi connectivity index (χ3n) is 3.39. The minimum absolute atomic E-state index is 0.0919. The van der Waals surface area contributed by atoms with Crippen molar-refractivity contribution in [3.8, 4) is 0 Å². The van der Waals surface area contributed by atoms with E-state index < -0.39 is 0 Å². The number of aromatic nitrogens is 1. The average Bonchev–Trinajstić information content (AvgIpc) is 2.88. The van der Waals surface area contributed by atoms with Crippen LogP contribution >= 0.6 is 0 Å². The van der Waals surface area contributed by atoms with E-state index in [-0.39, 0.29) is 5.91 Å². The molecule has 1 aromatic carbocycles. The summed E-state index contributed by atoms with van der Waals surface area (Å²) < 4.78 is 0. The maximum absolute atomic E-state index is 12.2. The lowest BCUT2D eigenvalue weighted by Crippen LogP contribution is -2.13. The van der Waals surface area contributed by atoms with Crippen LogP contribution in [0.5, 0.6) is 0 Å². The van der Waals surface area contributed by atoms with Crippen molar-refractivity contribution in [2.45, 2.75) is 20.0 Å². The summed E-state index contributed by atoms with van der Waals surface area (Å²) >= 11 is 0. The van der Waals surface area contributed by atoms with E-state index in [1.807, 2.05) is 31.2 Å². The van der Waals surface area contributed by atoms with Gasteiger partial charge in [0.05, 0.1) is 11.9 Å². The van der Waals surface area contributed by atoms with Gasteiger partial charge in [-0.1, -0.05) is 6.07 Å². The van der Waals surface area contributed by atoms with Crippen molar-refractivity contribution >= 4 is 11.6 Å². The van der Waals surface area contributed by atoms with Crippen LogP contribution in [0.25, 0.3) is 0 Å². The summed E-state index contributed by atoms with van der Waals surface area (Å²) in [6.07, 6.45) is 3.38. The molecule has 2 aromatic rings. The van der Waals surface area contributed by atoms with Gasteiger partial charge in [-0.05, 0) is 41.8 Å². The van der Waals surface area contributed by atoms with Gasteiger partial charge in [0, 0.05) is 24.8 Å². The van der Waals surface area contributed by atoms with Crippen molar-refractivity contribution in [3.63, 3.8) is 0 Å². The van der Waals surface area contributed by atoms with Crippen LogP contribution in [0.15, 0.2) is 36.7 Å². The van der Waals surface area contributed by atoms with Crippen molar-refractivity contribution in [1.82, 2.24) is 10.3 Å². The largest absolute Gasteiger partial charge is 0.320 e. The number of rotatable bonds is 2. The van der Waals surface area contributed by atoms with Crippen LogP contribution in [-0.2, 0) is 13.1 Å². The molecule has 1 aromatic heterocycles. The molecule has 0 saturated heterocycles. The Morgan fingerprint density at radius 2 is 2.11 bits per heavy atom. The Hall–Kier alpha value is -2.20. The minimum Gasteiger partial charge on any atom is -0.320 e. The van der Waals surface area contributed by atoms with Crippen LogP contribution in [-0.4, -0.2) is 10.9 Å². The van der Waals surface area contributed by atoms with Gasteiger partial charge >= 0.3 is 0 Å². The number of fused-ring (bicyclic) bond motifs is 1. The van der Waals surface area contributed by atoms with E-state index in [4.69, 9.17) is 0 Å². The molecule has 0 aliphatic carbocycles. The van der Waals surface area contributed by atoms with Crippen LogP contribution in [0.2, 0.25) is 0 Å². The van der Waals surface area contributed by atoms with Crippen LogP contribution < -0.4 is 10.6 Å². The number of hydrogen-bond donors (Lipinski definition) is 2. The first-order valence-corrected chi connectivity index (χ1v) is 6.28. The second-order valence-corrected chi connectivity index (χ2v) is 4.73. The zero-order chi connectivity index (χ0) is 13.2. The average molecular weight is 253 g/mol. The van der Waals surface area contributed by atoms with Gasteiger partial charge in [0.15, 0.2) is 0 Å². The van der Waals surface area contributed by atoms with Crippen LogP contribution in [0, 0.1) is 6.92 Å². The number of hydrogen-bond acceptors (Lipinski definition) is 3. The smallest absolute Gasteiger partial charge is 0.255 e. The number of nitrogens with one attached hydrogen (secondary N) is 2. The molecule has 19 heavy (non-hydrogen) atoms. The fourth-order valence-electron chi connectivity index (χ4n) is 2.23. The molecule has 1 amide bonds. The number of aryl methyl sites for hydroxylation is 1. The van der Waals surface area contributed by atoms with Gasteiger partial charge in [0.2, 0.25) is 0 Å². The third-order valence-corrected chi connectivity index (χ3v) is 3.39. The Morgan fingerprint density at radius 1 is 1.26 bits per heavy atom. The van der Waals surface area contributed by atoms with Gasteiger partial charge in [0.25, 0.3) is 5.91 Å². The van der Waals surface area contributed by atoms with Crippen molar-refractivity contribution in [3.05, 3.63) is 58.9 Å². The first-order chi connectivity index (χ1) is 9.24. The lowest BCUT2D eigenvalue weighted by Gasteiger charge is -2.08. The van der Waals surface area contributed by atoms with E-state index in [0.29, 0.717) is 5.56 Å². The molecule has 0 fully saturated rings. The summed E-state index contributed by atoms with van der Waals surface area (Å²) in [7, 11) is 0. The standard InChI is InChI=1S/C15H15N3O/c1-10-4-5-16-9-14(10)18-15(19)11-2-3-12-7-17-8-13(12)6-11/h2-6,9,17H,7-8H2,1H3,(H,18,19). The Morgan fingerprint density at radius 3 is 2.95 bits per heavy atom. The second-order valence-electron chi connectivity index (χ2n) is 4.73. The summed E-state index contributed by atoms with van der Waals surface area (Å²) in [6.45, 7) is 3.67. The molecule has 96 valence electrons. The summed E-state index contributed by atoms with van der Waals surface area (Å²) in [4.78, 5) is 16.2. The van der Waals surface area contributed by atoms with E-state index in [1.54, 1.807) is 12.4 Å². The molecule has 0 atom stereocenters. The predicted molar refractivity (Wildman–Crippen MR) is 73.9 cm³/mol. The topological polar surface area (TPSA) is 54.0 Å². The Kier molecular flexibility index (Phi) is 3.01. The maximum atomic E-state index is 12.2. The summed E-state index contributed by atoms with van der Waals surface area (Å²) in [5.41, 5.74) is 4.92. The van der Waals surface area contributed by atoms with Crippen molar-refractivity contribution in [1.29, 1.82) is 0 Å². The van der Waals surface area contributed by atoms with Gasteiger partial charge in [0.1, 0.15) is 0 Å². The first kappa shape index (κ1) is 11.9. The number of carbonyl (C=O) groups excluding carboxylic acids is 1. The van der Waals surface area contributed by atoms with Gasteiger partial charge in [-0.2, -0.15) is 0 Å². The van der Waals surface area contributed by atoms with E-state index in [1.165, 1.54) is 11.1 Å². The van der Waals surface area contributed by atoms with Gasteiger partial charge in [-0.3, -0.25) is 9.78 Å². The Balaban J connectivity index is 1.83. The number of carbonyl (C=O) groups is 1. The van der Waals surface area contributed by atoms with Crippen LogP contribution in [0.1, 0.15) is 27.0 Å². The second kappa shape index (κ2) is 4.82. The Labute approximate surface area is 111 Å². The lowest BCUT2D eigenvalue weighted by molar-refractivity contribution is 0.102. The molecule has 3 rings (SSSR count). The van der Waals surface area contributed by atoms with E-state index in [2.05, 4.69) is 15.6 Å². The number of amides is 1. The van der Waals surface area contributed by atoms with Crippen molar-refractivity contribution in [2.24, 2.45) is 0 Å². The lowest BCUT2D eigenvalue weighted by atomic mass is 10.1. The van der Waals surface area contributed by atoms with E-state index in [0.717, 1.165) is 24.3 Å². The third kappa shape index (κ3) is 2.35. The normalized spacial score (nSPS) is 13.1. The molecular formula is C15H15N3O. The monoisotopic (exact) mass is 253 g/mol. The molecule has 2 heterocycles. The molecule has 1 aliphatic rings. The van der Waals surface area contributed by atoms with Crippen LogP contribution in [0.3, 0.4) is 0 Å². The molecule has 4 nitrogen and oxygen atoms in total. The first-order valence-electron chi connectivity index (χ1n) is 6.28. The fourth-order valence-corrected chi connectivity index (χ4v) is 2.23. The molecule has 0 radical (unpaired) electrons. The quantitative estimate of drug-likeness (QED) is 0.863. The molecule has 2 N–H and O–H groups in total. The number of anilines is 1. The SMILES string of the molecule is Cc1ccncc1NC(=O)c1ccc2c(c1)CNC2. The van der Waals surface area contributed by atoms with Gasteiger partial charge < -0.3 is 10.6 Å². The number of nitrogens with zero attached hydrogens (tertiary/aromatic N) is 1. The van der Waals surface area contributed by atoms with E-state index in [9.17, 15) is 4.79 Å². The highest BCUT2D eigenvalue weighted by atomic mass is 16.1. The zero-order valence-corrected chi connectivity index (χ0v) is 10.7. The summed E-state index contributed by atoms with van der Waals surface area (Å²) in [5, 5.41) is 6.17. The van der Waals surface area contributed by atoms with Crippen LogP contribution in [0.4, 0.5) is 5.69 Å². The highest BCUT2D eigenvalue weighted by Crippen LogP contribution is 2.18. The fraction of sp³-hybridized carbons (Fsp3) is 0.200. The molecule has 0 saturated carbocycles. The number of benzene rings is 1. The molecular weight excluding hydrogens is 238 g/mol. The molecule has 4 heteroatoms. The molecule has 1 aliphatic heterocycles. The predicted octanol–water partition coefficient (Wildman–Crippen LogP) is 2.25. The highest BCUT2D eigenvalue weighted by Gasteiger charge is 2.14.